The van der Waals surface area contributed by atoms with Gasteiger partial charge in [-0.15, -0.1) is 0 Å². The van der Waals surface area contributed by atoms with Crippen LogP contribution in [0.5, 0.6) is 5.75 Å². The molecule has 0 atom stereocenters. The van der Waals surface area contributed by atoms with Crippen LogP contribution in [-0.2, 0) is 6.61 Å². The minimum Gasteiger partial charge on any atom is -0.486 e. The number of hydrogen-bond donors (Lipinski definition) is 1. The predicted octanol–water partition coefficient (Wildman–Crippen LogP) is 2.25. The van der Waals surface area contributed by atoms with Crippen LogP contribution in [0.3, 0.4) is 0 Å². The molecule has 27 heavy (non-hydrogen) atoms. The fraction of sp³-hybridized carbons (Fsp3) is 0.316. The molecule has 0 radical (unpaired) electrons. The first-order valence-corrected chi connectivity index (χ1v) is 8.86. The Morgan fingerprint density at radius 2 is 1.96 bits per heavy atom. The number of H-pyrrole nitrogens is 1. The molecule has 8 nitrogen and oxygen atoms in total. The van der Waals surface area contributed by atoms with Crippen molar-refractivity contribution in [1.29, 1.82) is 0 Å². The summed E-state index contributed by atoms with van der Waals surface area (Å²) in [5.74, 6) is 1.98. The Kier molecular flexibility index (Phi) is 4.78. The Hall–Kier alpha value is -3.29. The first-order chi connectivity index (χ1) is 13.2. The van der Waals surface area contributed by atoms with Gasteiger partial charge in [-0.25, -0.2) is 5.10 Å². The summed E-state index contributed by atoms with van der Waals surface area (Å²) in [6.07, 6.45) is 3.02. The SMILES string of the molecule is Cc1ccc(OCc2occc2C(=O)N2CCN(c3ncn[nH]3)CC2)cc1. The second-order valence-corrected chi connectivity index (χ2v) is 6.45. The normalized spacial score (nSPS) is 14.4. The maximum atomic E-state index is 12.9. The van der Waals surface area contributed by atoms with Gasteiger partial charge < -0.3 is 19.0 Å². The molecule has 3 heterocycles. The van der Waals surface area contributed by atoms with Crippen LogP contribution in [0.25, 0.3) is 0 Å². The summed E-state index contributed by atoms with van der Waals surface area (Å²) < 4.78 is 11.3. The maximum Gasteiger partial charge on any atom is 0.257 e. The summed E-state index contributed by atoms with van der Waals surface area (Å²) in [5.41, 5.74) is 1.72. The van der Waals surface area contributed by atoms with Gasteiger partial charge in [0.05, 0.1) is 11.8 Å². The number of benzene rings is 1. The largest absolute Gasteiger partial charge is 0.486 e. The molecular weight excluding hydrogens is 346 g/mol. The Balaban J connectivity index is 1.37. The fourth-order valence-electron chi connectivity index (χ4n) is 3.07. The van der Waals surface area contributed by atoms with E-state index in [-0.39, 0.29) is 12.5 Å². The highest BCUT2D eigenvalue weighted by molar-refractivity contribution is 5.95. The number of furan rings is 1. The summed E-state index contributed by atoms with van der Waals surface area (Å²) in [6.45, 7) is 4.87. The molecule has 1 aromatic carbocycles. The molecule has 0 aliphatic carbocycles. The minimum atomic E-state index is -0.0384. The van der Waals surface area contributed by atoms with Crippen LogP contribution in [0.15, 0.2) is 47.3 Å². The molecule has 0 unspecified atom stereocenters. The van der Waals surface area contributed by atoms with Gasteiger partial charge in [0, 0.05) is 26.2 Å². The van der Waals surface area contributed by atoms with Crippen molar-refractivity contribution in [3.8, 4) is 5.75 Å². The van der Waals surface area contributed by atoms with E-state index in [2.05, 4.69) is 20.1 Å². The number of rotatable bonds is 5. The topological polar surface area (TPSA) is 87.5 Å². The van der Waals surface area contributed by atoms with Crippen molar-refractivity contribution < 1.29 is 13.9 Å². The third-order valence-electron chi connectivity index (χ3n) is 4.64. The van der Waals surface area contributed by atoms with E-state index in [9.17, 15) is 4.79 Å². The number of aryl methyl sites for hydroxylation is 1. The number of carbonyl (C=O) groups excluding carboxylic acids is 1. The van der Waals surface area contributed by atoms with E-state index < -0.39 is 0 Å². The van der Waals surface area contributed by atoms with Gasteiger partial charge in [-0.3, -0.25) is 4.79 Å². The molecule has 1 aliphatic heterocycles. The molecule has 3 aromatic rings. The lowest BCUT2D eigenvalue weighted by molar-refractivity contribution is 0.0741. The van der Waals surface area contributed by atoms with Crippen molar-refractivity contribution in [1.82, 2.24) is 20.1 Å². The van der Waals surface area contributed by atoms with Gasteiger partial charge in [-0.05, 0) is 25.1 Å². The van der Waals surface area contributed by atoms with Crippen LogP contribution in [0.4, 0.5) is 5.95 Å². The highest BCUT2D eigenvalue weighted by atomic mass is 16.5. The summed E-state index contributed by atoms with van der Waals surface area (Å²) in [6, 6.07) is 9.49. The van der Waals surface area contributed by atoms with E-state index in [0.29, 0.717) is 37.5 Å². The minimum absolute atomic E-state index is 0.0384. The van der Waals surface area contributed by atoms with Crippen molar-refractivity contribution >= 4 is 11.9 Å². The van der Waals surface area contributed by atoms with Crippen molar-refractivity contribution in [2.45, 2.75) is 13.5 Å². The molecule has 2 aromatic heterocycles. The molecule has 1 amide bonds. The molecule has 1 aliphatic rings. The standard InChI is InChI=1S/C19H21N5O3/c1-14-2-4-15(5-3-14)27-12-17-16(6-11-26-17)18(25)23-7-9-24(10-8-23)19-20-13-21-22-19/h2-6,11,13H,7-10,12H2,1H3,(H,20,21,22). The van der Waals surface area contributed by atoms with Crippen LogP contribution in [0.1, 0.15) is 21.7 Å². The molecular formula is C19H21N5O3. The van der Waals surface area contributed by atoms with E-state index in [1.807, 2.05) is 36.1 Å². The number of nitrogens with one attached hydrogen (secondary N) is 1. The van der Waals surface area contributed by atoms with E-state index in [1.165, 1.54) is 18.2 Å². The summed E-state index contributed by atoms with van der Waals surface area (Å²) in [4.78, 5) is 20.9. The molecule has 0 saturated carbocycles. The second-order valence-electron chi connectivity index (χ2n) is 6.45. The quantitative estimate of drug-likeness (QED) is 0.744. The first kappa shape index (κ1) is 17.1. The lowest BCUT2D eigenvalue weighted by atomic mass is 10.2. The monoisotopic (exact) mass is 367 g/mol. The average molecular weight is 367 g/mol. The number of aromatic amines is 1. The van der Waals surface area contributed by atoms with Gasteiger partial charge in [0.25, 0.3) is 5.91 Å². The molecule has 140 valence electrons. The molecule has 1 N–H and O–H groups in total. The number of amides is 1. The number of aromatic nitrogens is 3. The van der Waals surface area contributed by atoms with Crippen LogP contribution >= 0.6 is 0 Å². The lowest BCUT2D eigenvalue weighted by Gasteiger charge is -2.34. The third-order valence-corrected chi connectivity index (χ3v) is 4.64. The van der Waals surface area contributed by atoms with Crippen molar-refractivity contribution in [3.63, 3.8) is 0 Å². The van der Waals surface area contributed by atoms with Gasteiger partial charge in [0.15, 0.2) is 5.76 Å². The van der Waals surface area contributed by atoms with Gasteiger partial charge in [-0.2, -0.15) is 10.1 Å². The predicted molar refractivity (Wildman–Crippen MR) is 98.7 cm³/mol. The summed E-state index contributed by atoms with van der Waals surface area (Å²) >= 11 is 0. The Morgan fingerprint density at radius 3 is 2.67 bits per heavy atom. The second kappa shape index (κ2) is 7.53. The van der Waals surface area contributed by atoms with Crippen molar-refractivity contribution in [2.24, 2.45) is 0 Å². The van der Waals surface area contributed by atoms with E-state index in [4.69, 9.17) is 9.15 Å². The molecule has 8 heteroatoms. The van der Waals surface area contributed by atoms with Crippen molar-refractivity contribution in [3.05, 3.63) is 59.8 Å². The molecule has 0 spiro atoms. The molecule has 1 fully saturated rings. The summed E-state index contributed by atoms with van der Waals surface area (Å²) in [7, 11) is 0. The zero-order valence-corrected chi connectivity index (χ0v) is 15.1. The first-order valence-electron chi connectivity index (χ1n) is 8.86. The maximum absolute atomic E-state index is 12.9. The smallest absolute Gasteiger partial charge is 0.257 e. The molecule has 1 saturated heterocycles. The van der Waals surface area contributed by atoms with Gasteiger partial charge in [0.1, 0.15) is 18.7 Å². The number of nitrogens with zero attached hydrogens (tertiary/aromatic N) is 4. The van der Waals surface area contributed by atoms with Crippen LogP contribution in [-0.4, -0.2) is 52.2 Å². The number of ether oxygens (including phenoxy) is 1. The zero-order valence-electron chi connectivity index (χ0n) is 15.1. The number of hydrogen-bond acceptors (Lipinski definition) is 6. The number of carbonyl (C=O) groups is 1. The zero-order chi connectivity index (χ0) is 18.6. The van der Waals surface area contributed by atoms with E-state index in [1.54, 1.807) is 6.07 Å². The van der Waals surface area contributed by atoms with Gasteiger partial charge in [0.2, 0.25) is 5.95 Å². The number of piperazine rings is 1. The Bertz CT molecular complexity index is 880. The summed E-state index contributed by atoms with van der Waals surface area (Å²) in [5, 5.41) is 6.72. The fourth-order valence-corrected chi connectivity index (χ4v) is 3.07. The highest BCUT2D eigenvalue weighted by Gasteiger charge is 2.26. The lowest BCUT2D eigenvalue weighted by Crippen LogP contribution is -2.49. The van der Waals surface area contributed by atoms with Crippen molar-refractivity contribution in [2.75, 3.05) is 31.1 Å². The third kappa shape index (κ3) is 3.79. The average Bonchev–Trinajstić information content (AvgIpc) is 3.39. The van der Waals surface area contributed by atoms with Gasteiger partial charge >= 0.3 is 0 Å². The molecule has 0 bridgehead atoms. The number of anilines is 1. The Morgan fingerprint density at radius 1 is 1.19 bits per heavy atom. The Labute approximate surface area is 156 Å². The van der Waals surface area contributed by atoms with Gasteiger partial charge in [-0.1, -0.05) is 17.7 Å². The molecule has 4 rings (SSSR count). The van der Waals surface area contributed by atoms with E-state index >= 15 is 0 Å². The van der Waals surface area contributed by atoms with E-state index in [0.717, 1.165) is 11.7 Å². The van der Waals surface area contributed by atoms with Crippen LogP contribution in [0, 0.1) is 6.92 Å². The van der Waals surface area contributed by atoms with Crippen LogP contribution in [0.2, 0.25) is 0 Å². The highest BCUT2D eigenvalue weighted by Crippen LogP contribution is 2.19. The van der Waals surface area contributed by atoms with Crippen LogP contribution < -0.4 is 9.64 Å².